The molecule has 0 amide bonds. The van der Waals surface area contributed by atoms with Gasteiger partial charge in [-0.3, -0.25) is 0 Å². The van der Waals surface area contributed by atoms with Crippen LogP contribution in [-0.4, -0.2) is 0 Å². The topological polar surface area (TPSA) is 0 Å². The Balaban J connectivity index is 0.00000121. The Labute approximate surface area is 92.7 Å². The van der Waals surface area contributed by atoms with Crippen molar-refractivity contribution in [1.29, 1.82) is 0 Å². The quantitative estimate of drug-likeness (QED) is 0.728. The minimum Gasteiger partial charge on any atom is -0.147 e. The molecule has 1 aromatic rings. The molecular weight excluding hydrogens is 244 g/mol. The summed E-state index contributed by atoms with van der Waals surface area (Å²) in [6, 6.07) is 8.35. The predicted octanol–water partition coefficient (Wildman–Crippen LogP) is 3.30. The van der Waals surface area contributed by atoms with Crippen LogP contribution in [-0.2, 0) is 17.1 Å². The van der Waals surface area contributed by atoms with E-state index in [1.165, 1.54) is 11.4 Å². The van der Waals surface area contributed by atoms with E-state index in [1.807, 2.05) is 12.1 Å². The summed E-state index contributed by atoms with van der Waals surface area (Å²) in [6.07, 6.45) is 1.34. The van der Waals surface area contributed by atoms with Gasteiger partial charge in [0.25, 0.3) is 0 Å². The summed E-state index contributed by atoms with van der Waals surface area (Å²) in [7, 11) is 0. The molecule has 0 aliphatic rings. The molecule has 0 radical (unpaired) electrons. The van der Waals surface area contributed by atoms with E-state index in [0.29, 0.717) is 0 Å². The summed E-state index contributed by atoms with van der Waals surface area (Å²) in [5, 5.41) is 2.31. The summed E-state index contributed by atoms with van der Waals surface area (Å²) in [4.78, 5) is 0. The van der Waals surface area contributed by atoms with Crippen LogP contribution >= 0.6 is 24.0 Å². The molecule has 0 nitrogen and oxygen atoms in total. The SMILES string of the molecule is CC[CH2][Zn][c]1ccc(Cl)cc1.Cl. The fraction of sp³-hybridized carbons (Fsp3) is 0.333. The van der Waals surface area contributed by atoms with Gasteiger partial charge in [0, 0.05) is 0 Å². The van der Waals surface area contributed by atoms with Gasteiger partial charge < -0.3 is 0 Å². The van der Waals surface area contributed by atoms with E-state index < -0.39 is 17.1 Å². The van der Waals surface area contributed by atoms with Crippen molar-refractivity contribution in [2.75, 3.05) is 0 Å². The second-order valence-electron chi connectivity index (χ2n) is 2.73. The van der Waals surface area contributed by atoms with Gasteiger partial charge in [0.1, 0.15) is 0 Å². The van der Waals surface area contributed by atoms with Crippen molar-refractivity contribution in [3.05, 3.63) is 29.3 Å². The van der Waals surface area contributed by atoms with Crippen molar-refractivity contribution in [1.82, 2.24) is 0 Å². The third-order valence-corrected chi connectivity index (χ3v) is 6.41. The predicted molar refractivity (Wildman–Crippen MR) is 53.4 cm³/mol. The average Bonchev–Trinajstić information content (AvgIpc) is 2.04. The monoisotopic (exact) mass is 254 g/mol. The molecule has 0 N–H and O–H groups in total. The van der Waals surface area contributed by atoms with Crippen LogP contribution in [0.5, 0.6) is 0 Å². The van der Waals surface area contributed by atoms with E-state index in [2.05, 4.69) is 19.1 Å². The zero-order valence-electron chi connectivity index (χ0n) is 7.22. The van der Waals surface area contributed by atoms with Gasteiger partial charge in [-0.15, -0.1) is 12.4 Å². The maximum absolute atomic E-state index is 5.77. The molecule has 0 saturated heterocycles. The first-order valence-electron chi connectivity index (χ1n) is 4.07. The first-order chi connectivity index (χ1) is 5.33. The molecule has 0 aliphatic heterocycles. The molecule has 1 rings (SSSR count). The summed E-state index contributed by atoms with van der Waals surface area (Å²) < 4.78 is 1.57. The Morgan fingerprint density at radius 2 is 1.83 bits per heavy atom. The molecule has 0 aromatic heterocycles. The summed E-state index contributed by atoms with van der Waals surface area (Å²) in [5.41, 5.74) is 0. The van der Waals surface area contributed by atoms with E-state index in [1.54, 1.807) is 4.16 Å². The number of benzene rings is 1. The van der Waals surface area contributed by atoms with Crippen molar-refractivity contribution in [3.63, 3.8) is 0 Å². The van der Waals surface area contributed by atoms with Gasteiger partial charge in [0.15, 0.2) is 0 Å². The van der Waals surface area contributed by atoms with Gasteiger partial charge in [-0.1, -0.05) is 0 Å². The first kappa shape index (κ1) is 12.4. The minimum absolute atomic E-state index is 0. The molecule has 12 heavy (non-hydrogen) atoms. The van der Waals surface area contributed by atoms with Gasteiger partial charge >= 0.3 is 80.5 Å². The van der Waals surface area contributed by atoms with Crippen molar-refractivity contribution < 1.29 is 17.1 Å². The van der Waals surface area contributed by atoms with Crippen LogP contribution in [0.2, 0.25) is 10.0 Å². The molecule has 3 heteroatoms. The van der Waals surface area contributed by atoms with Crippen molar-refractivity contribution in [2.24, 2.45) is 0 Å². The zero-order chi connectivity index (χ0) is 8.10. The Morgan fingerprint density at radius 3 is 2.33 bits per heavy atom. The second-order valence-corrected chi connectivity index (χ2v) is 7.41. The van der Waals surface area contributed by atoms with Crippen molar-refractivity contribution >= 4 is 28.2 Å². The summed E-state index contributed by atoms with van der Waals surface area (Å²) in [5.74, 6) is 0. The van der Waals surface area contributed by atoms with Crippen molar-refractivity contribution in [3.8, 4) is 0 Å². The van der Waals surface area contributed by atoms with E-state index >= 15 is 0 Å². The maximum Gasteiger partial charge on any atom is -0.147 e. The van der Waals surface area contributed by atoms with Crippen LogP contribution in [0.3, 0.4) is 0 Å². The third kappa shape index (κ3) is 4.45. The van der Waals surface area contributed by atoms with Crippen LogP contribution < -0.4 is 4.16 Å². The molecule has 0 aliphatic carbocycles. The average molecular weight is 256 g/mol. The molecular formula is C9H12Cl2Zn. The Bertz CT molecular complexity index is 208. The van der Waals surface area contributed by atoms with Gasteiger partial charge in [-0.2, -0.15) is 0 Å². The van der Waals surface area contributed by atoms with E-state index in [4.69, 9.17) is 11.6 Å². The molecule has 0 bridgehead atoms. The normalized spacial score (nSPS) is 8.50. The molecule has 64 valence electrons. The number of rotatable bonds is 3. The van der Waals surface area contributed by atoms with E-state index in [0.717, 1.165) is 5.02 Å². The molecule has 1 aromatic carbocycles. The molecule has 0 unspecified atom stereocenters. The molecule has 0 heterocycles. The van der Waals surface area contributed by atoms with Crippen LogP contribution in [0.4, 0.5) is 0 Å². The fourth-order valence-electron chi connectivity index (χ4n) is 1.03. The van der Waals surface area contributed by atoms with Gasteiger partial charge in [-0.05, 0) is 0 Å². The summed E-state index contributed by atoms with van der Waals surface area (Å²) in [6.45, 7) is 2.25. The minimum atomic E-state index is -0.392. The first-order valence-corrected chi connectivity index (χ1v) is 8.03. The van der Waals surface area contributed by atoms with E-state index in [-0.39, 0.29) is 12.4 Å². The number of hydrogen-bond acceptors (Lipinski definition) is 0. The molecule has 0 saturated carbocycles. The maximum atomic E-state index is 5.77. The van der Waals surface area contributed by atoms with Crippen molar-refractivity contribution in [2.45, 2.75) is 18.4 Å². The Kier molecular flexibility index (Phi) is 7.13. The number of halogens is 2. The molecule has 0 atom stereocenters. The smallest absolute Gasteiger partial charge is 0.147 e. The van der Waals surface area contributed by atoms with Crippen LogP contribution in [0, 0.1) is 0 Å². The summed E-state index contributed by atoms with van der Waals surface area (Å²) >= 11 is 5.37. The Morgan fingerprint density at radius 1 is 1.25 bits per heavy atom. The fourth-order valence-corrected chi connectivity index (χ4v) is 3.95. The Hall–Kier alpha value is 0.423. The van der Waals surface area contributed by atoms with Gasteiger partial charge in [-0.25, -0.2) is 0 Å². The number of hydrogen-bond donors (Lipinski definition) is 0. The van der Waals surface area contributed by atoms with Crippen LogP contribution in [0.1, 0.15) is 13.3 Å². The zero-order valence-corrected chi connectivity index (χ0v) is 11.8. The second kappa shape index (κ2) is 6.89. The van der Waals surface area contributed by atoms with E-state index in [9.17, 15) is 0 Å². The largest absolute Gasteiger partial charge is 0.147 e. The third-order valence-electron chi connectivity index (χ3n) is 1.73. The van der Waals surface area contributed by atoms with Gasteiger partial charge in [0.2, 0.25) is 0 Å². The standard InChI is InChI=1S/C6H4Cl.C3H7.ClH.Zn/c7-6-4-2-1-3-5-6;1-3-2;;/h2-5H;1,3H2,2H3;1H;. The van der Waals surface area contributed by atoms with Crippen LogP contribution in [0.25, 0.3) is 0 Å². The molecule has 0 fully saturated rings. The van der Waals surface area contributed by atoms with Gasteiger partial charge in [0.05, 0.1) is 0 Å². The van der Waals surface area contributed by atoms with Crippen LogP contribution in [0.15, 0.2) is 24.3 Å². The molecule has 0 spiro atoms.